The van der Waals surface area contributed by atoms with E-state index in [0.717, 1.165) is 70.3 Å². The minimum absolute atomic E-state index is 0.115. The van der Waals surface area contributed by atoms with Crippen molar-refractivity contribution in [1.29, 1.82) is 0 Å². The minimum Gasteiger partial charge on any atom is -0.362 e. The van der Waals surface area contributed by atoms with Gasteiger partial charge in [0.1, 0.15) is 5.15 Å². The number of para-hydroxylation sites is 1. The second-order valence-electron chi connectivity index (χ2n) is 7.91. The Hall–Kier alpha value is -2.46. The molecule has 2 aromatic rings. The molecule has 0 fully saturated rings. The Morgan fingerprint density at radius 3 is 2.29 bits per heavy atom. The molecule has 1 aliphatic heterocycles. The van der Waals surface area contributed by atoms with Crippen LogP contribution in [0, 0.1) is 6.92 Å². The molecule has 0 atom stereocenters. The van der Waals surface area contributed by atoms with Gasteiger partial charge in [0, 0.05) is 52.2 Å². The highest BCUT2D eigenvalue weighted by molar-refractivity contribution is 6.31. The van der Waals surface area contributed by atoms with Crippen molar-refractivity contribution >= 4 is 34.1 Å². The third kappa shape index (κ3) is 2.62. The number of nitrogens with zero attached hydrogens (tertiary/aromatic N) is 1. The number of halogens is 1. The van der Waals surface area contributed by atoms with Gasteiger partial charge in [0.2, 0.25) is 0 Å². The first kappa shape index (κ1) is 17.6. The maximum absolute atomic E-state index is 12.9. The third-order valence-corrected chi connectivity index (χ3v) is 6.43. The van der Waals surface area contributed by atoms with E-state index in [1.165, 1.54) is 0 Å². The lowest BCUT2D eigenvalue weighted by atomic mass is 9.72. The van der Waals surface area contributed by atoms with Crippen LogP contribution in [0.3, 0.4) is 0 Å². The van der Waals surface area contributed by atoms with Gasteiger partial charge in [-0.15, -0.1) is 0 Å². The molecule has 2 heterocycles. The topological polar surface area (TPSA) is 59.1 Å². The van der Waals surface area contributed by atoms with Crippen molar-refractivity contribution < 1.29 is 9.59 Å². The molecule has 0 saturated heterocycles. The summed E-state index contributed by atoms with van der Waals surface area (Å²) in [5.74, 6) is -0.176. The number of aryl methyl sites for hydroxylation is 1. The molecule has 2 aliphatic carbocycles. The van der Waals surface area contributed by atoms with E-state index in [1.54, 1.807) is 0 Å². The molecule has 1 aromatic heterocycles. The monoisotopic (exact) mass is 392 g/mol. The molecule has 1 aromatic carbocycles. The number of ketones is 2. The fourth-order valence-electron chi connectivity index (χ4n) is 4.84. The van der Waals surface area contributed by atoms with Crippen LogP contribution in [0.1, 0.15) is 55.6 Å². The van der Waals surface area contributed by atoms with Gasteiger partial charge in [0.15, 0.2) is 11.6 Å². The predicted octanol–water partition coefficient (Wildman–Crippen LogP) is 4.90. The highest BCUT2D eigenvalue weighted by atomic mass is 35.5. The summed E-state index contributed by atoms with van der Waals surface area (Å²) in [7, 11) is 0. The molecule has 1 N–H and O–H groups in total. The fourth-order valence-corrected chi connectivity index (χ4v) is 5.09. The second kappa shape index (κ2) is 6.56. The highest BCUT2D eigenvalue weighted by Crippen LogP contribution is 2.47. The Morgan fingerprint density at radius 1 is 1.00 bits per heavy atom. The molecule has 0 bridgehead atoms. The van der Waals surface area contributed by atoms with Crippen LogP contribution in [0.25, 0.3) is 10.9 Å². The van der Waals surface area contributed by atoms with Crippen molar-refractivity contribution in [3.05, 3.63) is 63.1 Å². The Bertz CT molecular complexity index is 1070. The number of nitrogens with one attached hydrogen (secondary N) is 1. The quantitative estimate of drug-likeness (QED) is 0.701. The standard InChI is InChI=1S/C23H21ClN2O2/c1-12-5-2-6-13-11-14(23(24)26-22(12)13)19-20-15(7-3-9-17(20)27)25-16-8-4-10-18(28)21(16)19/h2,5-6,11,19,25H,3-4,7-10H2,1H3. The number of aromatic nitrogens is 1. The van der Waals surface area contributed by atoms with Crippen LogP contribution in [0.5, 0.6) is 0 Å². The van der Waals surface area contributed by atoms with E-state index >= 15 is 0 Å². The van der Waals surface area contributed by atoms with Gasteiger partial charge in [-0.3, -0.25) is 9.59 Å². The average Bonchev–Trinajstić information content (AvgIpc) is 2.67. The smallest absolute Gasteiger partial charge is 0.161 e. The Balaban J connectivity index is 1.78. The number of carbonyl (C=O) groups excluding carboxylic acids is 2. The number of hydrogen-bond acceptors (Lipinski definition) is 4. The molecular formula is C23H21ClN2O2. The summed E-state index contributed by atoms with van der Waals surface area (Å²) >= 11 is 6.67. The molecule has 142 valence electrons. The van der Waals surface area contributed by atoms with Gasteiger partial charge < -0.3 is 5.32 Å². The Labute approximate surface area is 168 Å². The molecule has 5 rings (SSSR count). The zero-order valence-electron chi connectivity index (χ0n) is 15.8. The second-order valence-corrected chi connectivity index (χ2v) is 8.27. The van der Waals surface area contributed by atoms with Crippen LogP contribution in [-0.2, 0) is 9.59 Å². The summed E-state index contributed by atoms with van der Waals surface area (Å²) in [4.78, 5) is 30.5. The largest absolute Gasteiger partial charge is 0.362 e. The first-order chi connectivity index (χ1) is 13.5. The van der Waals surface area contributed by atoms with Gasteiger partial charge in [-0.25, -0.2) is 4.98 Å². The van der Waals surface area contributed by atoms with Crippen molar-refractivity contribution in [3.8, 4) is 0 Å². The summed E-state index contributed by atoms with van der Waals surface area (Å²) in [5.41, 5.74) is 6.06. The van der Waals surface area contributed by atoms with Gasteiger partial charge >= 0.3 is 0 Å². The van der Waals surface area contributed by atoms with E-state index in [2.05, 4.69) is 10.3 Å². The van der Waals surface area contributed by atoms with E-state index in [0.29, 0.717) is 18.0 Å². The molecule has 0 radical (unpaired) electrons. The van der Waals surface area contributed by atoms with E-state index in [9.17, 15) is 9.59 Å². The van der Waals surface area contributed by atoms with Crippen LogP contribution in [0.2, 0.25) is 5.15 Å². The molecule has 0 spiro atoms. The summed E-state index contributed by atoms with van der Waals surface area (Å²) < 4.78 is 0. The number of Topliss-reactive ketones (excluding diaryl/α,β-unsaturated/α-hetero) is 2. The molecule has 3 aliphatic rings. The number of fused-ring (bicyclic) bond motifs is 1. The van der Waals surface area contributed by atoms with Crippen LogP contribution in [-0.4, -0.2) is 16.6 Å². The normalized spacial score (nSPS) is 20.4. The van der Waals surface area contributed by atoms with Crippen molar-refractivity contribution in [1.82, 2.24) is 10.3 Å². The van der Waals surface area contributed by atoms with Crippen molar-refractivity contribution in [2.45, 2.75) is 51.4 Å². The minimum atomic E-state index is -0.406. The zero-order valence-corrected chi connectivity index (χ0v) is 16.5. The lowest BCUT2D eigenvalue weighted by Crippen LogP contribution is -2.36. The number of dihydropyridines is 1. The highest BCUT2D eigenvalue weighted by Gasteiger charge is 2.41. The summed E-state index contributed by atoms with van der Waals surface area (Å²) in [6.45, 7) is 2.01. The van der Waals surface area contributed by atoms with Crippen LogP contribution in [0.15, 0.2) is 46.8 Å². The molecule has 28 heavy (non-hydrogen) atoms. The predicted molar refractivity (Wildman–Crippen MR) is 109 cm³/mol. The van der Waals surface area contributed by atoms with E-state index in [-0.39, 0.29) is 11.6 Å². The summed E-state index contributed by atoms with van der Waals surface area (Å²) in [6, 6.07) is 8.03. The summed E-state index contributed by atoms with van der Waals surface area (Å²) in [6.07, 6.45) is 4.39. The van der Waals surface area contributed by atoms with Gasteiger partial charge in [-0.05, 0) is 44.2 Å². The van der Waals surface area contributed by atoms with Gasteiger partial charge in [0.05, 0.1) is 5.52 Å². The number of hydrogen-bond donors (Lipinski definition) is 1. The van der Waals surface area contributed by atoms with Gasteiger partial charge in [-0.1, -0.05) is 29.8 Å². The van der Waals surface area contributed by atoms with Crippen molar-refractivity contribution in [2.24, 2.45) is 0 Å². The van der Waals surface area contributed by atoms with Gasteiger partial charge in [0.25, 0.3) is 0 Å². The Morgan fingerprint density at radius 2 is 1.64 bits per heavy atom. The number of carbonyl (C=O) groups is 2. The maximum Gasteiger partial charge on any atom is 0.161 e. The van der Waals surface area contributed by atoms with E-state index < -0.39 is 5.92 Å². The molecular weight excluding hydrogens is 372 g/mol. The lowest BCUT2D eigenvalue weighted by Gasteiger charge is -2.37. The number of benzene rings is 1. The fraction of sp³-hybridized carbons (Fsp3) is 0.348. The lowest BCUT2D eigenvalue weighted by molar-refractivity contribution is -0.116. The molecule has 5 heteroatoms. The first-order valence-corrected chi connectivity index (χ1v) is 10.3. The van der Waals surface area contributed by atoms with Crippen molar-refractivity contribution in [2.75, 3.05) is 0 Å². The van der Waals surface area contributed by atoms with E-state index in [4.69, 9.17) is 11.6 Å². The molecule has 0 unspecified atom stereocenters. The molecule has 4 nitrogen and oxygen atoms in total. The zero-order chi connectivity index (χ0) is 19.4. The number of rotatable bonds is 1. The SMILES string of the molecule is Cc1cccc2cc(C3C4=C(CCCC4=O)NC4=C3C(=O)CCC4)c(Cl)nc12. The van der Waals surface area contributed by atoms with Crippen LogP contribution >= 0.6 is 11.6 Å². The average molecular weight is 393 g/mol. The van der Waals surface area contributed by atoms with Crippen molar-refractivity contribution in [3.63, 3.8) is 0 Å². The molecule has 0 saturated carbocycles. The van der Waals surface area contributed by atoms with Crippen LogP contribution < -0.4 is 5.32 Å². The van der Waals surface area contributed by atoms with Crippen LogP contribution in [0.4, 0.5) is 0 Å². The molecule has 0 amide bonds. The number of pyridine rings is 1. The third-order valence-electron chi connectivity index (χ3n) is 6.13. The first-order valence-electron chi connectivity index (χ1n) is 9.90. The summed E-state index contributed by atoms with van der Waals surface area (Å²) in [5, 5.41) is 4.80. The number of allylic oxidation sites excluding steroid dienone is 4. The maximum atomic E-state index is 12.9. The van der Waals surface area contributed by atoms with E-state index in [1.807, 2.05) is 31.2 Å². The van der Waals surface area contributed by atoms with Gasteiger partial charge in [-0.2, -0.15) is 0 Å². The Kier molecular flexibility index (Phi) is 4.13.